The van der Waals surface area contributed by atoms with Gasteiger partial charge in [-0.2, -0.15) is 11.8 Å². The minimum Gasteiger partial charge on any atom is -0.353 e. The molecule has 0 aromatic heterocycles. The average Bonchev–Trinajstić information content (AvgIpc) is 2.56. The molecule has 22 heavy (non-hydrogen) atoms. The second kappa shape index (κ2) is 10.2. The van der Waals surface area contributed by atoms with Crippen LogP contribution in [0.25, 0.3) is 0 Å². The maximum Gasteiger partial charge on any atom is 0.194 e. The summed E-state index contributed by atoms with van der Waals surface area (Å²) in [5.74, 6) is 2.38. The average molecular weight is 324 g/mol. The van der Waals surface area contributed by atoms with Crippen molar-refractivity contribution in [3.05, 3.63) is 12.2 Å². The van der Waals surface area contributed by atoms with Gasteiger partial charge in [-0.1, -0.05) is 31.4 Å². The van der Waals surface area contributed by atoms with Crippen molar-refractivity contribution in [3.63, 3.8) is 0 Å². The number of rotatable bonds is 6. The quantitative estimate of drug-likeness (QED) is 0.346. The first-order valence-corrected chi connectivity index (χ1v) is 10.4. The van der Waals surface area contributed by atoms with Crippen LogP contribution in [-0.4, -0.2) is 48.5 Å². The molecule has 1 atom stereocenters. The highest BCUT2D eigenvalue weighted by molar-refractivity contribution is 7.98. The Bertz CT molecular complexity index is 361. The van der Waals surface area contributed by atoms with E-state index in [1.807, 2.05) is 11.8 Å². The molecule has 0 bridgehead atoms. The molecule has 0 heterocycles. The summed E-state index contributed by atoms with van der Waals surface area (Å²) in [6.07, 6.45) is 18.2. The highest BCUT2D eigenvalue weighted by atomic mass is 32.2. The van der Waals surface area contributed by atoms with Crippen molar-refractivity contribution in [1.29, 1.82) is 0 Å². The molecule has 1 unspecified atom stereocenters. The zero-order valence-electron chi connectivity index (χ0n) is 14.4. The summed E-state index contributed by atoms with van der Waals surface area (Å²) in [4.78, 5) is 7.46. The third-order valence-electron chi connectivity index (χ3n) is 4.69. The van der Waals surface area contributed by atoms with Crippen molar-refractivity contribution >= 4 is 17.7 Å². The van der Waals surface area contributed by atoms with Crippen LogP contribution in [0.4, 0.5) is 0 Å². The molecule has 0 saturated heterocycles. The number of aliphatic imine (C=N–C) groups is 1. The number of hydrogen-bond acceptors (Lipinski definition) is 2. The van der Waals surface area contributed by atoms with E-state index in [-0.39, 0.29) is 0 Å². The van der Waals surface area contributed by atoms with E-state index in [1.165, 1.54) is 57.1 Å². The van der Waals surface area contributed by atoms with Crippen LogP contribution in [0.5, 0.6) is 0 Å². The van der Waals surface area contributed by atoms with E-state index < -0.39 is 0 Å². The minimum absolute atomic E-state index is 0.540. The molecule has 1 N–H and O–H groups in total. The monoisotopic (exact) mass is 323 g/mol. The minimum atomic E-state index is 0.540. The molecule has 4 heteroatoms. The van der Waals surface area contributed by atoms with Gasteiger partial charge in [0.1, 0.15) is 0 Å². The van der Waals surface area contributed by atoms with Crippen LogP contribution in [0.1, 0.15) is 57.8 Å². The predicted molar refractivity (Wildman–Crippen MR) is 99.9 cm³/mol. The molecule has 0 aromatic carbocycles. The maximum atomic E-state index is 5.11. The fraction of sp³-hybridized carbons (Fsp3) is 0.833. The first-order valence-electron chi connectivity index (χ1n) is 8.99. The van der Waals surface area contributed by atoms with E-state index in [2.05, 4.69) is 35.7 Å². The molecular weight excluding hydrogens is 290 g/mol. The Hall–Kier alpha value is -0.640. The molecular formula is C18H33N3S. The second-order valence-corrected chi connectivity index (χ2v) is 7.62. The molecule has 126 valence electrons. The third kappa shape index (κ3) is 6.23. The topological polar surface area (TPSA) is 27.6 Å². The Morgan fingerprint density at radius 1 is 1.23 bits per heavy atom. The molecule has 0 amide bonds. The lowest BCUT2D eigenvalue weighted by molar-refractivity contribution is 0.414. The molecule has 2 aliphatic rings. The van der Waals surface area contributed by atoms with E-state index in [9.17, 15) is 0 Å². The first kappa shape index (κ1) is 17.7. The van der Waals surface area contributed by atoms with Gasteiger partial charge < -0.3 is 10.2 Å². The van der Waals surface area contributed by atoms with Gasteiger partial charge in [-0.3, -0.25) is 0 Å². The lowest BCUT2D eigenvalue weighted by Gasteiger charge is -2.29. The number of nitrogens with one attached hydrogen (secondary N) is 1. The SMILES string of the molecule is CSCCCN(C)C(=NC1CCCCC1)NC1CC=CCC1. The van der Waals surface area contributed by atoms with Crippen LogP contribution < -0.4 is 5.32 Å². The summed E-state index contributed by atoms with van der Waals surface area (Å²) < 4.78 is 0. The van der Waals surface area contributed by atoms with Crippen molar-refractivity contribution in [2.45, 2.75) is 69.9 Å². The van der Waals surface area contributed by atoms with Gasteiger partial charge in [-0.15, -0.1) is 0 Å². The molecule has 0 aromatic rings. The van der Waals surface area contributed by atoms with Gasteiger partial charge in [0, 0.05) is 19.6 Å². The summed E-state index contributed by atoms with van der Waals surface area (Å²) in [5, 5.41) is 3.75. The fourth-order valence-electron chi connectivity index (χ4n) is 3.29. The molecule has 1 fully saturated rings. The molecule has 0 radical (unpaired) electrons. The largest absolute Gasteiger partial charge is 0.353 e. The van der Waals surface area contributed by atoms with Crippen molar-refractivity contribution in [2.24, 2.45) is 4.99 Å². The Morgan fingerprint density at radius 3 is 2.73 bits per heavy atom. The van der Waals surface area contributed by atoms with E-state index in [1.54, 1.807) is 0 Å². The van der Waals surface area contributed by atoms with E-state index in [4.69, 9.17) is 4.99 Å². The fourth-order valence-corrected chi connectivity index (χ4v) is 3.71. The summed E-state index contributed by atoms with van der Waals surface area (Å²) in [5.41, 5.74) is 0. The van der Waals surface area contributed by atoms with Gasteiger partial charge in [-0.05, 0) is 50.5 Å². The van der Waals surface area contributed by atoms with Crippen LogP contribution in [0.3, 0.4) is 0 Å². The molecule has 0 aliphatic heterocycles. The molecule has 2 aliphatic carbocycles. The van der Waals surface area contributed by atoms with Crippen molar-refractivity contribution in [2.75, 3.05) is 25.6 Å². The Kier molecular flexibility index (Phi) is 8.21. The first-order chi connectivity index (χ1) is 10.8. The number of allylic oxidation sites excluding steroid dienone is 1. The van der Waals surface area contributed by atoms with Gasteiger partial charge in [0.2, 0.25) is 0 Å². The highest BCUT2D eigenvalue weighted by Gasteiger charge is 2.18. The summed E-state index contributed by atoms with van der Waals surface area (Å²) >= 11 is 1.93. The van der Waals surface area contributed by atoms with E-state index >= 15 is 0 Å². The normalized spacial score (nSPS) is 23.5. The second-order valence-electron chi connectivity index (χ2n) is 6.64. The Labute approximate surface area is 141 Å². The summed E-state index contributed by atoms with van der Waals surface area (Å²) in [6.45, 7) is 1.10. The van der Waals surface area contributed by atoms with Gasteiger partial charge in [0.05, 0.1) is 6.04 Å². The Balaban J connectivity index is 1.94. The van der Waals surface area contributed by atoms with Crippen LogP contribution in [0.2, 0.25) is 0 Å². The number of hydrogen-bond donors (Lipinski definition) is 1. The molecule has 1 saturated carbocycles. The van der Waals surface area contributed by atoms with Crippen LogP contribution in [0, 0.1) is 0 Å². The lowest BCUT2D eigenvalue weighted by atomic mass is 9.96. The number of thioether (sulfide) groups is 1. The van der Waals surface area contributed by atoms with E-state index in [0.717, 1.165) is 18.9 Å². The number of nitrogens with zero attached hydrogens (tertiary/aromatic N) is 2. The predicted octanol–water partition coefficient (Wildman–Crippen LogP) is 4.06. The van der Waals surface area contributed by atoms with Gasteiger partial charge in [0.25, 0.3) is 0 Å². The van der Waals surface area contributed by atoms with Crippen LogP contribution in [0.15, 0.2) is 17.1 Å². The van der Waals surface area contributed by atoms with Gasteiger partial charge in [-0.25, -0.2) is 4.99 Å². The lowest BCUT2D eigenvalue weighted by Crippen LogP contribution is -2.45. The summed E-state index contributed by atoms with van der Waals surface area (Å²) in [7, 11) is 2.20. The molecule has 2 rings (SSSR count). The Morgan fingerprint density at radius 2 is 2.05 bits per heavy atom. The zero-order chi connectivity index (χ0) is 15.6. The maximum absolute atomic E-state index is 5.11. The van der Waals surface area contributed by atoms with E-state index in [0.29, 0.717) is 12.1 Å². The van der Waals surface area contributed by atoms with Crippen molar-refractivity contribution < 1.29 is 0 Å². The van der Waals surface area contributed by atoms with Gasteiger partial charge in [0.15, 0.2) is 5.96 Å². The van der Waals surface area contributed by atoms with Crippen molar-refractivity contribution in [1.82, 2.24) is 10.2 Å². The van der Waals surface area contributed by atoms with Crippen LogP contribution in [-0.2, 0) is 0 Å². The van der Waals surface area contributed by atoms with Gasteiger partial charge >= 0.3 is 0 Å². The molecule has 3 nitrogen and oxygen atoms in total. The smallest absolute Gasteiger partial charge is 0.194 e. The zero-order valence-corrected chi connectivity index (χ0v) is 15.2. The number of guanidine groups is 1. The standard InChI is InChI=1S/C18H33N3S/c1-21(14-9-15-22-2)18(19-16-10-5-3-6-11-16)20-17-12-7-4-8-13-17/h3,5,16-17H,4,6-15H2,1-2H3,(H,19,20). The van der Waals surface area contributed by atoms with Crippen molar-refractivity contribution in [3.8, 4) is 0 Å². The highest BCUT2D eigenvalue weighted by Crippen LogP contribution is 2.21. The third-order valence-corrected chi connectivity index (χ3v) is 5.38. The summed E-state index contributed by atoms with van der Waals surface area (Å²) in [6, 6.07) is 1.11. The van der Waals surface area contributed by atoms with Crippen LogP contribution >= 0.6 is 11.8 Å². The molecule has 0 spiro atoms.